The number of carbonyl (C=O) groups excluding carboxylic acids is 1. The van der Waals surface area contributed by atoms with Crippen molar-refractivity contribution in [2.75, 3.05) is 4.72 Å². The van der Waals surface area contributed by atoms with Crippen molar-refractivity contribution in [2.45, 2.75) is 58.4 Å². The first kappa shape index (κ1) is 23.7. The first-order chi connectivity index (χ1) is 16.6. The van der Waals surface area contributed by atoms with Crippen molar-refractivity contribution in [3.05, 3.63) is 53.8 Å². The molecule has 0 spiro atoms. The molecule has 0 aliphatic heterocycles. The van der Waals surface area contributed by atoms with Crippen LogP contribution < -0.4 is 10.0 Å². The Morgan fingerprint density at radius 3 is 2.00 bits per heavy atom. The summed E-state index contributed by atoms with van der Waals surface area (Å²) in [4.78, 5) is 12.5. The molecule has 13 heteroatoms. The van der Waals surface area contributed by atoms with E-state index in [0.717, 1.165) is 30.3 Å². The van der Waals surface area contributed by atoms with Gasteiger partial charge in [0.25, 0.3) is 15.9 Å². The number of sulfonamides is 1. The van der Waals surface area contributed by atoms with Crippen LogP contribution in [0.2, 0.25) is 0 Å². The minimum absolute atomic E-state index is 0.0162. The number of amides is 1. The summed E-state index contributed by atoms with van der Waals surface area (Å²) in [5, 5.41) is 2.54. The molecule has 0 atom stereocenters. The molecular formula is C23H20F4N2O5S2. The molecule has 0 unspecified atom stereocenters. The number of fused-ring (bicyclic) bond motifs is 1. The summed E-state index contributed by atoms with van der Waals surface area (Å²) in [5.74, 6) is -1.49. The van der Waals surface area contributed by atoms with Crippen LogP contribution in [-0.4, -0.2) is 39.2 Å². The van der Waals surface area contributed by atoms with Gasteiger partial charge in [-0.15, -0.1) is 0 Å². The molecule has 192 valence electrons. The third kappa shape index (κ3) is 3.24. The number of sulfone groups is 1. The van der Waals surface area contributed by atoms with Gasteiger partial charge in [-0.25, -0.2) is 21.2 Å². The summed E-state index contributed by atoms with van der Waals surface area (Å²) in [6.07, 6.45) is -3.90. The lowest BCUT2D eigenvalue weighted by Gasteiger charge is -2.70. The summed E-state index contributed by atoms with van der Waals surface area (Å²) in [6.45, 7) is 0. The van der Waals surface area contributed by atoms with Crippen LogP contribution in [0.3, 0.4) is 0 Å². The Morgan fingerprint density at radius 2 is 1.47 bits per heavy atom. The smallest absolute Gasteiger partial charge is 0.346 e. The highest BCUT2D eigenvalue weighted by molar-refractivity contribution is 7.93. The Labute approximate surface area is 204 Å². The number of halogens is 4. The molecule has 0 saturated heterocycles. The van der Waals surface area contributed by atoms with E-state index >= 15 is 0 Å². The summed E-state index contributed by atoms with van der Waals surface area (Å²) >= 11 is 0. The van der Waals surface area contributed by atoms with E-state index in [9.17, 15) is 39.2 Å². The number of carbonyl (C=O) groups is 1. The van der Waals surface area contributed by atoms with Crippen LogP contribution in [0.15, 0.2) is 52.3 Å². The van der Waals surface area contributed by atoms with Gasteiger partial charge in [-0.05, 0) is 80.5 Å². The van der Waals surface area contributed by atoms with Gasteiger partial charge in [-0.1, -0.05) is 0 Å². The normalized spacial score (nSPS) is 31.9. The van der Waals surface area contributed by atoms with E-state index in [-0.39, 0.29) is 46.2 Å². The van der Waals surface area contributed by atoms with Crippen molar-refractivity contribution in [1.82, 2.24) is 5.32 Å². The van der Waals surface area contributed by atoms with E-state index in [0.29, 0.717) is 12.8 Å². The van der Waals surface area contributed by atoms with E-state index in [1.165, 1.54) is 12.1 Å². The summed E-state index contributed by atoms with van der Waals surface area (Å²) in [7, 11) is -7.90. The van der Waals surface area contributed by atoms with Crippen molar-refractivity contribution >= 4 is 31.5 Å². The average Bonchev–Trinajstić information content (AvgIpc) is 3.59. The molecule has 5 aliphatic rings. The van der Waals surface area contributed by atoms with Gasteiger partial charge in [0.15, 0.2) is 9.84 Å². The quantitative estimate of drug-likeness (QED) is 0.516. The molecule has 36 heavy (non-hydrogen) atoms. The maximum atomic E-state index is 13.9. The molecule has 2 aromatic rings. The zero-order valence-corrected chi connectivity index (χ0v) is 20.2. The van der Waals surface area contributed by atoms with E-state index in [1.807, 2.05) is 0 Å². The van der Waals surface area contributed by atoms with E-state index < -0.39 is 53.5 Å². The van der Waals surface area contributed by atoms with Crippen LogP contribution >= 0.6 is 0 Å². The average molecular weight is 545 g/mol. The molecule has 5 aliphatic carbocycles. The number of rotatable bonds is 7. The number of benzene rings is 2. The van der Waals surface area contributed by atoms with E-state index in [1.54, 1.807) is 0 Å². The van der Waals surface area contributed by atoms with Crippen LogP contribution in [0.4, 0.5) is 23.2 Å². The number of anilines is 1. The molecule has 0 radical (unpaired) electrons. The van der Waals surface area contributed by atoms with Gasteiger partial charge < -0.3 is 5.32 Å². The third-order valence-corrected chi connectivity index (χ3v) is 12.1. The zero-order valence-electron chi connectivity index (χ0n) is 18.5. The minimum Gasteiger partial charge on any atom is -0.346 e. The number of alkyl halides is 3. The molecule has 0 heterocycles. The fourth-order valence-electron chi connectivity index (χ4n) is 5.66. The van der Waals surface area contributed by atoms with Gasteiger partial charge in [0.2, 0.25) is 0 Å². The van der Waals surface area contributed by atoms with Gasteiger partial charge >= 0.3 is 6.18 Å². The molecule has 2 aromatic carbocycles. The number of hydrogen-bond acceptors (Lipinski definition) is 5. The van der Waals surface area contributed by atoms with Gasteiger partial charge in [0.1, 0.15) is 5.82 Å². The highest BCUT2D eigenvalue weighted by atomic mass is 32.2. The molecular weight excluding hydrogens is 524 g/mol. The van der Waals surface area contributed by atoms with Crippen molar-refractivity contribution < 1.29 is 39.2 Å². The summed E-state index contributed by atoms with van der Waals surface area (Å²) < 4.78 is 106. The topological polar surface area (TPSA) is 109 Å². The van der Waals surface area contributed by atoms with Gasteiger partial charge in [0, 0.05) is 5.54 Å². The number of hydrogen-bond donors (Lipinski definition) is 2. The second-order valence-electron chi connectivity index (χ2n) is 10.5. The molecule has 2 N–H and O–H groups in total. The second-order valence-corrected chi connectivity index (χ2v) is 14.5. The summed E-state index contributed by atoms with van der Waals surface area (Å²) in [6, 6.07) is 7.41. The minimum atomic E-state index is -4.36. The van der Waals surface area contributed by atoms with E-state index in [4.69, 9.17) is 0 Å². The predicted octanol–water partition coefficient (Wildman–Crippen LogP) is 3.78. The van der Waals surface area contributed by atoms with Crippen LogP contribution in [0.5, 0.6) is 0 Å². The lowest BCUT2D eigenvalue weighted by atomic mass is 9.39. The van der Waals surface area contributed by atoms with Gasteiger partial charge in [0.05, 0.1) is 31.2 Å². The van der Waals surface area contributed by atoms with Gasteiger partial charge in [-0.2, -0.15) is 13.2 Å². The van der Waals surface area contributed by atoms with Crippen LogP contribution in [0.25, 0.3) is 0 Å². The lowest BCUT2D eigenvalue weighted by molar-refractivity contribution is -0.336. The SMILES string of the molecule is O=C(NC12CC(C(F)(F)F)(C1)C2)c1ccc(F)cc1NS(=O)(=O)c1ccc(S(=O)(=O)C23CC2C3)cc1. The molecule has 0 aromatic heterocycles. The van der Waals surface area contributed by atoms with Crippen molar-refractivity contribution in [2.24, 2.45) is 11.3 Å². The highest BCUT2D eigenvalue weighted by Crippen LogP contribution is 2.74. The van der Waals surface area contributed by atoms with Crippen molar-refractivity contribution in [3.63, 3.8) is 0 Å². The fraction of sp³-hybridized carbons (Fsp3) is 0.435. The molecule has 7 rings (SSSR count). The predicted molar refractivity (Wildman–Crippen MR) is 119 cm³/mol. The summed E-state index contributed by atoms with van der Waals surface area (Å²) in [5.41, 5.74) is -3.44. The van der Waals surface area contributed by atoms with Crippen LogP contribution in [0, 0.1) is 17.2 Å². The first-order valence-electron chi connectivity index (χ1n) is 11.2. The monoisotopic (exact) mass is 544 g/mol. The molecule has 5 fully saturated rings. The standard InChI is InChI=1S/C23H20F4N2O5S2/c24-14-1-6-17(19(30)28-21-10-20(11-21,12-21)23(25,26)27)18(7-14)29-36(33,34)16-4-2-15(3-5-16)35(31,32)22-8-13(22)9-22/h1-7,13,29H,8-12H2,(H,28,30). The lowest BCUT2D eigenvalue weighted by Crippen LogP contribution is -2.78. The fourth-order valence-corrected chi connectivity index (χ4v) is 8.97. The highest BCUT2D eigenvalue weighted by Gasteiger charge is 2.79. The third-order valence-electron chi connectivity index (χ3n) is 8.07. The van der Waals surface area contributed by atoms with Crippen molar-refractivity contribution in [1.29, 1.82) is 0 Å². The Hall–Kier alpha value is -2.67. The molecule has 5 saturated carbocycles. The Morgan fingerprint density at radius 1 is 0.917 bits per heavy atom. The second kappa shape index (κ2) is 6.80. The number of nitrogens with one attached hydrogen (secondary N) is 2. The Bertz CT molecular complexity index is 1510. The molecule has 1 amide bonds. The largest absolute Gasteiger partial charge is 0.394 e. The van der Waals surface area contributed by atoms with Gasteiger partial charge in [-0.3, -0.25) is 9.52 Å². The van der Waals surface area contributed by atoms with Crippen LogP contribution in [0.1, 0.15) is 42.5 Å². The molecule has 7 nitrogen and oxygen atoms in total. The maximum absolute atomic E-state index is 13.9. The maximum Gasteiger partial charge on any atom is 0.394 e. The van der Waals surface area contributed by atoms with Crippen molar-refractivity contribution in [3.8, 4) is 0 Å². The first-order valence-corrected chi connectivity index (χ1v) is 14.2. The molecule has 2 bridgehead atoms. The zero-order chi connectivity index (χ0) is 25.9. The Balaban J connectivity index is 1.20. The Kier molecular flexibility index (Phi) is 4.48. The van der Waals surface area contributed by atoms with E-state index in [2.05, 4.69) is 10.0 Å². The van der Waals surface area contributed by atoms with Crippen LogP contribution in [-0.2, 0) is 19.9 Å².